The van der Waals surface area contributed by atoms with Gasteiger partial charge in [0.05, 0.1) is 12.2 Å². The molecule has 6 nitrogen and oxygen atoms in total. The number of carbonyl (C=O) groups excluding carboxylic acids is 1. The normalized spacial score (nSPS) is 10.5. The molecule has 33 heavy (non-hydrogen) atoms. The minimum absolute atomic E-state index is 0.164. The lowest BCUT2D eigenvalue weighted by molar-refractivity contribution is 0.0949. The third-order valence-electron chi connectivity index (χ3n) is 4.99. The molecule has 0 fully saturated rings. The molecule has 2 N–H and O–H groups in total. The molecule has 0 bridgehead atoms. The summed E-state index contributed by atoms with van der Waals surface area (Å²) in [6.45, 7) is 3.18. The Balaban J connectivity index is 1.55. The van der Waals surface area contributed by atoms with Gasteiger partial charge in [-0.2, -0.15) is 0 Å². The van der Waals surface area contributed by atoms with Crippen LogP contribution in [0.15, 0.2) is 71.2 Å². The highest BCUT2D eigenvalue weighted by molar-refractivity contribution is 9.10. The zero-order valence-electron chi connectivity index (χ0n) is 18.3. The first-order valence-electron chi connectivity index (χ1n) is 10.8. The van der Waals surface area contributed by atoms with Gasteiger partial charge in [0.2, 0.25) is 0 Å². The molecular weight excluding hydrogens is 486 g/mol. The number of hydrogen-bond donors (Lipinski definition) is 2. The highest BCUT2D eigenvalue weighted by Gasteiger charge is 2.13. The molecule has 7 heteroatoms. The Bertz CT molecular complexity index is 1080. The van der Waals surface area contributed by atoms with Gasteiger partial charge in [0.15, 0.2) is 0 Å². The Morgan fingerprint density at radius 1 is 0.970 bits per heavy atom. The van der Waals surface area contributed by atoms with E-state index in [1.165, 1.54) is 0 Å². The van der Waals surface area contributed by atoms with E-state index in [1.54, 1.807) is 18.2 Å². The Hall–Kier alpha value is -3.32. The van der Waals surface area contributed by atoms with Gasteiger partial charge in [-0.05, 0) is 59.9 Å². The molecule has 0 spiro atoms. The van der Waals surface area contributed by atoms with Crippen LogP contribution in [-0.4, -0.2) is 30.3 Å². The van der Waals surface area contributed by atoms with Crippen molar-refractivity contribution >= 4 is 28.0 Å². The lowest BCUT2D eigenvalue weighted by Gasteiger charge is -2.12. The summed E-state index contributed by atoms with van der Waals surface area (Å²) in [5.74, 6) is 0.708. The number of rotatable bonds is 10. The van der Waals surface area contributed by atoms with Crippen molar-refractivity contribution in [1.82, 2.24) is 5.32 Å². The smallest absolute Gasteiger partial charge is 0.493 e. The number of carbonyl (C=O) groups is 2. The second-order valence-corrected chi connectivity index (χ2v) is 8.35. The molecule has 0 atom stereocenters. The van der Waals surface area contributed by atoms with Gasteiger partial charge in [0, 0.05) is 11.0 Å². The van der Waals surface area contributed by atoms with Gasteiger partial charge in [0.25, 0.3) is 5.91 Å². The van der Waals surface area contributed by atoms with E-state index in [2.05, 4.69) is 32.9 Å². The summed E-state index contributed by atoms with van der Waals surface area (Å²) in [5.41, 5.74) is 3.58. The van der Waals surface area contributed by atoms with E-state index in [0.29, 0.717) is 30.9 Å². The van der Waals surface area contributed by atoms with Crippen molar-refractivity contribution in [3.8, 4) is 22.6 Å². The van der Waals surface area contributed by atoms with Crippen LogP contribution >= 0.6 is 15.9 Å². The number of ether oxygens (including phenoxy) is 2. The molecule has 3 aromatic rings. The van der Waals surface area contributed by atoms with Crippen LogP contribution in [0.2, 0.25) is 0 Å². The SMILES string of the molecule is CCCCOc1ccc(Br)cc1C(=O)NCCc1ccc(-c2ccc(OC(=O)O)cc2)cc1. The van der Waals surface area contributed by atoms with Crippen molar-refractivity contribution in [3.05, 3.63) is 82.3 Å². The first-order valence-corrected chi connectivity index (χ1v) is 11.6. The van der Waals surface area contributed by atoms with Crippen molar-refractivity contribution in [3.63, 3.8) is 0 Å². The minimum atomic E-state index is -1.33. The summed E-state index contributed by atoms with van der Waals surface area (Å²) in [7, 11) is 0. The molecule has 172 valence electrons. The van der Waals surface area contributed by atoms with E-state index in [-0.39, 0.29) is 11.7 Å². The largest absolute Gasteiger partial charge is 0.511 e. The zero-order chi connectivity index (χ0) is 23.6. The van der Waals surface area contributed by atoms with Gasteiger partial charge < -0.3 is 19.9 Å². The quantitative estimate of drug-likeness (QED) is 0.189. The van der Waals surface area contributed by atoms with E-state index >= 15 is 0 Å². The first-order chi connectivity index (χ1) is 16.0. The van der Waals surface area contributed by atoms with E-state index in [1.807, 2.05) is 48.5 Å². The van der Waals surface area contributed by atoms with E-state index in [0.717, 1.165) is 34.0 Å². The molecule has 3 aromatic carbocycles. The van der Waals surface area contributed by atoms with E-state index in [4.69, 9.17) is 9.84 Å². The lowest BCUT2D eigenvalue weighted by Crippen LogP contribution is -2.26. The average Bonchev–Trinajstić information content (AvgIpc) is 2.81. The lowest BCUT2D eigenvalue weighted by atomic mass is 10.0. The fraction of sp³-hybridized carbons (Fsp3) is 0.231. The molecule has 0 aliphatic carbocycles. The van der Waals surface area contributed by atoms with Crippen LogP contribution in [0, 0.1) is 0 Å². The Morgan fingerprint density at radius 2 is 1.64 bits per heavy atom. The zero-order valence-corrected chi connectivity index (χ0v) is 19.9. The monoisotopic (exact) mass is 511 g/mol. The van der Waals surface area contributed by atoms with Crippen LogP contribution in [0.25, 0.3) is 11.1 Å². The summed E-state index contributed by atoms with van der Waals surface area (Å²) >= 11 is 3.42. The van der Waals surface area contributed by atoms with Gasteiger partial charge in [-0.15, -0.1) is 0 Å². The first kappa shape index (κ1) is 24.3. The molecular formula is C26H26BrNO5. The molecule has 3 rings (SSSR count). The number of unbranched alkanes of at least 4 members (excludes halogenated alkanes) is 1. The Morgan fingerprint density at radius 3 is 2.27 bits per heavy atom. The average molecular weight is 512 g/mol. The summed E-state index contributed by atoms with van der Waals surface area (Å²) in [6.07, 6.45) is 1.32. The topological polar surface area (TPSA) is 84.9 Å². The molecule has 0 radical (unpaired) electrons. The van der Waals surface area contributed by atoms with Crippen molar-refractivity contribution in [2.45, 2.75) is 26.2 Å². The number of nitrogens with one attached hydrogen (secondary N) is 1. The van der Waals surface area contributed by atoms with Gasteiger partial charge >= 0.3 is 6.16 Å². The predicted molar refractivity (Wildman–Crippen MR) is 131 cm³/mol. The molecule has 0 saturated heterocycles. The fourth-order valence-electron chi connectivity index (χ4n) is 3.23. The van der Waals surface area contributed by atoms with Gasteiger partial charge in [-0.3, -0.25) is 4.79 Å². The van der Waals surface area contributed by atoms with Gasteiger partial charge in [0.1, 0.15) is 11.5 Å². The summed E-state index contributed by atoms with van der Waals surface area (Å²) in [4.78, 5) is 23.3. The number of hydrogen-bond acceptors (Lipinski definition) is 4. The second-order valence-electron chi connectivity index (χ2n) is 7.44. The molecule has 0 aliphatic rings. The van der Waals surface area contributed by atoms with E-state index in [9.17, 15) is 9.59 Å². The molecule has 0 aromatic heterocycles. The maximum absolute atomic E-state index is 12.7. The van der Waals surface area contributed by atoms with Crippen molar-refractivity contribution in [2.75, 3.05) is 13.2 Å². The summed E-state index contributed by atoms with van der Waals surface area (Å²) < 4.78 is 11.2. The minimum Gasteiger partial charge on any atom is -0.493 e. The fourth-order valence-corrected chi connectivity index (χ4v) is 3.59. The van der Waals surface area contributed by atoms with Crippen molar-refractivity contribution in [1.29, 1.82) is 0 Å². The van der Waals surface area contributed by atoms with Gasteiger partial charge in [-0.1, -0.05) is 65.7 Å². The molecule has 0 aliphatic heterocycles. The Labute approximate surface area is 201 Å². The maximum atomic E-state index is 12.7. The predicted octanol–water partition coefficient (Wildman–Crippen LogP) is 6.32. The molecule has 0 unspecified atom stereocenters. The Kier molecular flexibility index (Phi) is 8.89. The third kappa shape index (κ3) is 7.36. The van der Waals surface area contributed by atoms with Gasteiger partial charge in [-0.25, -0.2) is 4.79 Å². The van der Waals surface area contributed by atoms with Crippen LogP contribution in [0.5, 0.6) is 11.5 Å². The number of amides is 1. The highest BCUT2D eigenvalue weighted by atomic mass is 79.9. The number of carboxylic acid groups (broad SMARTS) is 1. The van der Waals surface area contributed by atoms with Crippen LogP contribution in [0.4, 0.5) is 4.79 Å². The van der Waals surface area contributed by atoms with Crippen LogP contribution in [0.3, 0.4) is 0 Å². The van der Waals surface area contributed by atoms with Crippen molar-refractivity contribution < 1.29 is 24.2 Å². The molecule has 0 saturated carbocycles. The number of benzene rings is 3. The van der Waals surface area contributed by atoms with Crippen LogP contribution in [0.1, 0.15) is 35.7 Å². The summed E-state index contributed by atoms with van der Waals surface area (Å²) in [5, 5.41) is 11.6. The third-order valence-corrected chi connectivity index (χ3v) is 5.48. The molecule has 1 amide bonds. The van der Waals surface area contributed by atoms with Crippen molar-refractivity contribution in [2.24, 2.45) is 0 Å². The van der Waals surface area contributed by atoms with E-state index < -0.39 is 6.16 Å². The standard InChI is InChI=1S/C26H26BrNO5/c1-2-3-16-32-24-13-10-21(27)17-23(24)25(29)28-15-14-18-4-6-19(7-5-18)20-8-11-22(12-9-20)33-26(30)31/h4-13,17H,2-3,14-16H2,1H3,(H,28,29)(H,30,31). The maximum Gasteiger partial charge on any atom is 0.511 e. The number of halogens is 1. The molecule has 0 heterocycles. The van der Waals surface area contributed by atoms with Crippen LogP contribution in [-0.2, 0) is 6.42 Å². The summed E-state index contributed by atoms with van der Waals surface area (Å²) in [6, 6.07) is 20.3. The second kappa shape index (κ2) is 12.1. The van der Waals surface area contributed by atoms with Crippen LogP contribution < -0.4 is 14.8 Å². The highest BCUT2D eigenvalue weighted by Crippen LogP contribution is 2.24.